The van der Waals surface area contributed by atoms with Crippen molar-refractivity contribution in [2.24, 2.45) is 5.73 Å². The molecule has 1 aromatic heterocycles. The second-order valence-corrected chi connectivity index (χ2v) is 6.55. The van der Waals surface area contributed by atoms with Gasteiger partial charge in [0, 0.05) is 24.1 Å². The standard InChI is InChI=1S/C20H30N4O2/c1-2-3-4-5-6-7-9-18(25)22-17-13-11-16(12-14-17)20-23-19(26-24-20)10-8-15-21/h11-14H,2-10,15,21H2,1H3,(H,22,25). The minimum atomic E-state index is 0.0665. The van der Waals surface area contributed by atoms with Crippen LogP contribution in [0.15, 0.2) is 28.8 Å². The van der Waals surface area contributed by atoms with Gasteiger partial charge in [0.1, 0.15) is 0 Å². The summed E-state index contributed by atoms with van der Waals surface area (Å²) in [4.78, 5) is 16.4. The van der Waals surface area contributed by atoms with Gasteiger partial charge in [-0.15, -0.1) is 0 Å². The fraction of sp³-hybridized carbons (Fsp3) is 0.550. The van der Waals surface area contributed by atoms with Gasteiger partial charge in [0.25, 0.3) is 0 Å². The SMILES string of the molecule is CCCCCCCCC(=O)Nc1ccc(-c2noc(CCCN)n2)cc1. The topological polar surface area (TPSA) is 94.0 Å². The van der Waals surface area contributed by atoms with Gasteiger partial charge in [0.2, 0.25) is 17.6 Å². The minimum absolute atomic E-state index is 0.0665. The van der Waals surface area contributed by atoms with E-state index in [1.165, 1.54) is 25.7 Å². The maximum Gasteiger partial charge on any atom is 0.227 e. The van der Waals surface area contributed by atoms with Crippen LogP contribution in [0.1, 0.15) is 64.2 Å². The van der Waals surface area contributed by atoms with Crippen LogP contribution in [0.3, 0.4) is 0 Å². The van der Waals surface area contributed by atoms with Crippen LogP contribution in [0.5, 0.6) is 0 Å². The van der Waals surface area contributed by atoms with Crippen LogP contribution in [0, 0.1) is 0 Å². The summed E-state index contributed by atoms with van der Waals surface area (Å²) in [5, 5.41) is 6.93. The highest BCUT2D eigenvalue weighted by molar-refractivity contribution is 5.90. The largest absolute Gasteiger partial charge is 0.339 e. The number of benzene rings is 1. The van der Waals surface area contributed by atoms with Crippen LogP contribution in [-0.2, 0) is 11.2 Å². The number of rotatable bonds is 12. The first-order valence-corrected chi connectivity index (χ1v) is 9.66. The Kier molecular flexibility index (Phi) is 8.83. The molecule has 6 heteroatoms. The van der Waals surface area contributed by atoms with E-state index in [9.17, 15) is 4.79 Å². The van der Waals surface area contributed by atoms with Crippen molar-refractivity contribution in [3.8, 4) is 11.4 Å². The number of aryl methyl sites for hydroxylation is 1. The van der Waals surface area contributed by atoms with Gasteiger partial charge in [-0.2, -0.15) is 4.98 Å². The van der Waals surface area contributed by atoms with Crippen molar-refractivity contribution < 1.29 is 9.32 Å². The molecule has 0 aliphatic rings. The van der Waals surface area contributed by atoms with Crippen molar-refractivity contribution in [1.82, 2.24) is 10.1 Å². The summed E-state index contributed by atoms with van der Waals surface area (Å²) in [6, 6.07) is 7.50. The maximum atomic E-state index is 12.0. The van der Waals surface area contributed by atoms with E-state index in [4.69, 9.17) is 10.3 Å². The van der Waals surface area contributed by atoms with Crippen LogP contribution in [-0.4, -0.2) is 22.6 Å². The zero-order valence-corrected chi connectivity index (χ0v) is 15.7. The summed E-state index contributed by atoms with van der Waals surface area (Å²) in [6.07, 6.45) is 9.17. The molecule has 2 aromatic rings. The number of carbonyl (C=O) groups is 1. The molecule has 0 radical (unpaired) electrons. The Morgan fingerprint density at radius 3 is 2.54 bits per heavy atom. The second kappa shape index (κ2) is 11.4. The number of hydrogen-bond donors (Lipinski definition) is 2. The van der Waals surface area contributed by atoms with Crippen molar-refractivity contribution in [1.29, 1.82) is 0 Å². The number of amides is 1. The highest BCUT2D eigenvalue weighted by Crippen LogP contribution is 2.19. The van der Waals surface area contributed by atoms with E-state index in [0.29, 0.717) is 31.1 Å². The fourth-order valence-electron chi connectivity index (χ4n) is 2.72. The summed E-state index contributed by atoms with van der Waals surface area (Å²) in [6.45, 7) is 2.81. The smallest absolute Gasteiger partial charge is 0.227 e. The quantitative estimate of drug-likeness (QED) is 0.551. The lowest BCUT2D eigenvalue weighted by atomic mass is 10.1. The molecule has 2 rings (SSSR count). The number of aromatic nitrogens is 2. The normalized spacial score (nSPS) is 10.8. The highest BCUT2D eigenvalue weighted by Gasteiger charge is 2.09. The van der Waals surface area contributed by atoms with E-state index >= 15 is 0 Å². The first kappa shape index (κ1) is 20.1. The van der Waals surface area contributed by atoms with Gasteiger partial charge < -0.3 is 15.6 Å². The molecular formula is C20H30N4O2. The molecule has 0 saturated carbocycles. The Morgan fingerprint density at radius 1 is 1.08 bits per heavy atom. The molecule has 26 heavy (non-hydrogen) atoms. The molecule has 3 N–H and O–H groups in total. The number of carbonyl (C=O) groups excluding carboxylic acids is 1. The van der Waals surface area contributed by atoms with Crippen LogP contribution in [0.2, 0.25) is 0 Å². The third-order valence-electron chi connectivity index (χ3n) is 4.25. The molecule has 0 bridgehead atoms. The van der Waals surface area contributed by atoms with Crippen molar-refractivity contribution >= 4 is 11.6 Å². The Morgan fingerprint density at radius 2 is 1.81 bits per heavy atom. The number of anilines is 1. The van der Waals surface area contributed by atoms with Crippen LogP contribution in [0.4, 0.5) is 5.69 Å². The zero-order chi connectivity index (χ0) is 18.6. The molecule has 142 valence electrons. The monoisotopic (exact) mass is 358 g/mol. The average molecular weight is 358 g/mol. The molecule has 0 aliphatic carbocycles. The predicted octanol–water partition coefficient (Wildman–Crippen LogP) is 4.32. The third kappa shape index (κ3) is 6.96. The number of unbranched alkanes of at least 4 members (excludes halogenated alkanes) is 5. The first-order chi connectivity index (χ1) is 12.7. The number of nitrogens with zero attached hydrogens (tertiary/aromatic N) is 2. The summed E-state index contributed by atoms with van der Waals surface area (Å²) in [5.41, 5.74) is 7.13. The van der Waals surface area contributed by atoms with Gasteiger partial charge in [-0.05, 0) is 43.7 Å². The van der Waals surface area contributed by atoms with Gasteiger partial charge in [0.05, 0.1) is 0 Å². The molecular weight excluding hydrogens is 328 g/mol. The molecule has 0 spiro atoms. The van der Waals surface area contributed by atoms with Gasteiger partial charge >= 0.3 is 0 Å². The lowest BCUT2D eigenvalue weighted by molar-refractivity contribution is -0.116. The van der Waals surface area contributed by atoms with E-state index in [1.54, 1.807) is 0 Å². The Labute approximate surface area is 155 Å². The Balaban J connectivity index is 1.76. The van der Waals surface area contributed by atoms with Gasteiger partial charge in [0.15, 0.2) is 0 Å². The van der Waals surface area contributed by atoms with Crippen LogP contribution in [0.25, 0.3) is 11.4 Å². The van der Waals surface area contributed by atoms with Gasteiger partial charge in [-0.25, -0.2) is 0 Å². The Bertz CT molecular complexity index is 652. The number of hydrogen-bond acceptors (Lipinski definition) is 5. The molecule has 0 aliphatic heterocycles. The molecule has 0 saturated heterocycles. The van der Waals surface area contributed by atoms with E-state index in [1.807, 2.05) is 24.3 Å². The molecule has 0 unspecified atom stereocenters. The molecule has 1 aromatic carbocycles. The lowest BCUT2D eigenvalue weighted by Crippen LogP contribution is -2.10. The Hall–Kier alpha value is -2.21. The summed E-state index contributed by atoms with van der Waals surface area (Å²) < 4.78 is 5.21. The van der Waals surface area contributed by atoms with Crippen molar-refractivity contribution in [2.75, 3.05) is 11.9 Å². The summed E-state index contributed by atoms with van der Waals surface area (Å²) >= 11 is 0. The molecule has 1 amide bonds. The summed E-state index contributed by atoms with van der Waals surface area (Å²) in [5.74, 6) is 1.22. The van der Waals surface area contributed by atoms with Crippen LogP contribution >= 0.6 is 0 Å². The summed E-state index contributed by atoms with van der Waals surface area (Å²) in [7, 11) is 0. The fourth-order valence-corrected chi connectivity index (χ4v) is 2.72. The molecule has 0 fully saturated rings. The maximum absolute atomic E-state index is 12.0. The van der Waals surface area contributed by atoms with Crippen LogP contribution < -0.4 is 11.1 Å². The average Bonchev–Trinajstić information content (AvgIpc) is 3.12. The van der Waals surface area contributed by atoms with E-state index < -0.39 is 0 Å². The van der Waals surface area contributed by atoms with Crippen molar-refractivity contribution in [2.45, 2.75) is 64.7 Å². The van der Waals surface area contributed by atoms with Gasteiger partial charge in [-0.1, -0.05) is 44.2 Å². The zero-order valence-electron chi connectivity index (χ0n) is 15.7. The molecule has 1 heterocycles. The highest BCUT2D eigenvalue weighted by atomic mass is 16.5. The first-order valence-electron chi connectivity index (χ1n) is 9.66. The molecule has 0 atom stereocenters. The molecule has 6 nitrogen and oxygen atoms in total. The third-order valence-corrected chi connectivity index (χ3v) is 4.25. The predicted molar refractivity (Wildman–Crippen MR) is 104 cm³/mol. The lowest BCUT2D eigenvalue weighted by Gasteiger charge is -2.06. The van der Waals surface area contributed by atoms with E-state index in [-0.39, 0.29) is 5.91 Å². The second-order valence-electron chi connectivity index (χ2n) is 6.55. The number of nitrogens with one attached hydrogen (secondary N) is 1. The van der Waals surface area contributed by atoms with Crippen molar-refractivity contribution in [3.05, 3.63) is 30.2 Å². The van der Waals surface area contributed by atoms with Gasteiger partial charge in [-0.3, -0.25) is 4.79 Å². The van der Waals surface area contributed by atoms with Crippen molar-refractivity contribution in [3.63, 3.8) is 0 Å². The van der Waals surface area contributed by atoms with E-state index in [2.05, 4.69) is 22.4 Å². The minimum Gasteiger partial charge on any atom is -0.339 e. The van der Waals surface area contributed by atoms with E-state index in [0.717, 1.165) is 30.5 Å². The number of nitrogens with two attached hydrogens (primary N) is 1.